The van der Waals surface area contributed by atoms with Crippen LogP contribution in [0.5, 0.6) is 0 Å². The van der Waals surface area contributed by atoms with Crippen LogP contribution in [0.15, 0.2) is 0 Å². The molecule has 0 saturated heterocycles. The first-order valence-electron chi connectivity index (χ1n) is 6.24. The van der Waals surface area contributed by atoms with Gasteiger partial charge in [-0.25, -0.2) is 0 Å². The van der Waals surface area contributed by atoms with Crippen molar-refractivity contribution in [2.75, 3.05) is 0 Å². The van der Waals surface area contributed by atoms with Crippen molar-refractivity contribution < 1.29 is 30.0 Å². The van der Waals surface area contributed by atoms with Crippen molar-refractivity contribution in [2.45, 2.75) is 57.7 Å². The lowest BCUT2D eigenvalue weighted by Gasteiger charge is -2.11. The minimum absolute atomic E-state index is 0.000481. The first-order chi connectivity index (χ1) is 8.43. The summed E-state index contributed by atoms with van der Waals surface area (Å²) in [5.74, 6) is -2.29. The maximum Gasteiger partial charge on any atom is 0.306 e. The van der Waals surface area contributed by atoms with Crippen molar-refractivity contribution in [1.82, 2.24) is 0 Å². The van der Waals surface area contributed by atoms with Crippen LogP contribution in [0.25, 0.3) is 0 Å². The van der Waals surface area contributed by atoms with Crippen LogP contribution < -0.4 is 0 Å². The third kappa shape index (κ3) is 10.0. The number of unbranched alkanes of at least 4 members (excludes halogenated alkanes) is 2. The van der Waals surface area contributed by atoms with E-state index in [0.717, 1.165) is 6.42 Å². The molecular weight excluding hydrogens is 240 g/mol. The van der Waals surface area contributed by atoms with Crippen LogP contribution in [0.3, 0.4) is 0 Å². The Morgan fingerprint density at radius 2 is 1.39 bits per heavy atom. The van der Waals surface area contributed by atoms with E-state index in [1.807, 2.05) is 0 Å². The van der Waals surface area contributed by atoms with E-state index in [9.17, 15) is 9.59 Å². The minimum atomic E-state index is -1.30. The number of aliphatic hydroxyl groups is 2. The fourth-order valence-corrected chi connectivity index (χ4v) is 1.79. The average Bonchev–Trinajstić information content (AvgIpc) is 2.25. The van der Waals surface area contributed by atoms with Gasteiger partial charge in [0.15, 0.2) is 6.29 Å². The molecule has 1 unspecified atom stereocenters. The second-order valence-corrected chi connectivity index (χ2v) is 4.44. The quantitative estimate of drug-likeness (QED) is 0.328. The molecule has 0 aromatic carbocycles. The maximum atomic E-state index is 10.9. The number of carbonyl (C=O) groups is 2. The normalized spacial score (nSPS) is 12.6. The van der Waals surface area contributed by atoms with Crippen LogP contribution in [-0.2, 0) is 9.59 Å². The highest BCUT2D eigenvalue weighted by Gasteiger charge is 2.17. The van der Waals surface area contributed by atoms with Crippen LogP contribution in [0.1, 0.15) is 51.4 Å². The number of carboxylic acid groups (broad SMARTS) is 2. The zero-order valence-electron chi connectivity index (χ0n) is 10.4. The van der Waals surface area contributed by atoms with Crippen molar-refractivity contribution in [3.63, 3.8) is 0 Å². The summed E-state index contributed by atoms with van der Waals surface area (Å²) >= 11 is 0. The van der Waals surface area contributed by atoms with Crippen molar-refractivity contribution in [1.29, 1.82) is 0 Å². The molecule has 1 atom stereocenters. The molecule has 0 aromatic heterocycles. The number of aliphatic carboxylic acids is 2. The number of aliphatic hydroxyl groups excluding tert-OH is 1. The van der Waals surface area contributed by atoms with Gasteiger partial charge in [0, 0.05) is 6.42 Å². The zero-order chi connectivity index (χ0) is 14.0. The Hall–Kier alpha value is -1.14. The predicted octanol–water partition coefficient (Wildman–Crippen LogP) is 1.20. The van der Waals surface area contributed by atoms with Crippen LogP contribution >= 0.6 is 0 Å². The molecule has 0 aromatic rings. The summed E-state index contributed by atoms with van der Waals surface area (Å²) < 4.78 is 0. The van der Waals surface area contributed by atoms with Gasteiger partial charge in [-0.2, -0.15) is 0 Å². The smallest absolute Gasteiger partial charge is 0.306 e. The Kier molecular flexibility index (Phi) is 9.22. The molecule has 6 heteroatoms. The molecule has 0 spiro atoms. The van der Waals surface area contributed by atoms with Crippen molar-refractivity contribution in [3.8, 4) is 0 Å². The lowest BCUT2D eigenvalue weighted by Crippen LogP contribution is -2.14. The SMILES string of the molecule is O=C(O)CCCC(CCCCCC(O)O)C(=O)O. The molecule has 106 valence electrons. The number of hydrogen-bond acceptors (Lipinski definition) is 4. The van der Waals surface area contributed by atoms with Gasteiger partial charge in [-0.1, -0.05) is 12.8 Å². The second-order valence-electron chi connectivity index (χ2n) is 4.44. The standard InChI is InChI=1S/C12H22O6/c13-10(14)7-3-1-2-5-9(12(17)18)6-4-8-11(15)16/h9-10,13-14H,1-8H2,(H,15,16)(H,17,18). The third-order valence-corrected chi connectivity index (χ3v) is 2.81. The van der Waals surface area contributed by atoms with Gasteiger partial charge in [0.2, 0.25) is 0 Å². The third-order valence-electron chi connectivity index (χ3n) is 2.81. The van der Waals surface area contributed by atoms with Gasteiger partial charge in [0.05, 0.1) is 5.92 Å². The van der Waals surface area contributed by atoms with E-state index >= 15 is 0 Å². The van der Waals surface area contributed by atoms with E-state index in [4.69, 9.17) is 20.4 Å². The summed E-state index contributed by atoms with van der Waals surface area (Å²) in [4.78, 5) is 21.2. The van der Waals surface area contributed by atoms with E-state index in [2.05, 4.69) is 0 Å². The zero-order valence-corrected chi connectivity index (χ0v) is 10.4. The van der Waals surface area contributed by atoms with E-state index in [1.54, 1.807) is 0 Å². The Morgan fingerprint density at radius 1 is 0.833 bits per heavy atom. The second kappa shape index (κ2) is 9.85. The van der Waals surface area contributed by atoms with E-state index in [1.165, 1.54) is 0 Å². The summed E-state index contributed by atoms with van der Waals surface area (Å²) in [7, 11) is 0. The molecule has 0 amide bonds. The lowest BCUT2D eigenvalue weighted by molar-refractivity contribution is -0.143. The Bertz CT molecular complexity index is 251. The lowest BCUT2D eigenvalue weighted by atomic mass is 9.95. The first kappa shape index (κ1) is 16.9. The van der Waals surface area contributed by atoms with Crippen molar-refractivity contribution in [2.24, 2.45) is 5.92 Å². The molecule has 18 heavy (non-hydrogen) atoms. The van der Waals surface area contributed by atoms with Crippen LogP contribution in [0.4, 0.5) is 0 Å². The number of rotatable bonds is 11. The number of hydrogen-bond donors (Lipinski definition) is 4. The highest BCUT2D eigenvalue weighted by molar-refractivity contribution is 5.70. The topological polar surface area (TPSA) is 115 Å². The first-order valence-corrected chi connectivity index (χ1v) is 6.24. The molecule has 0 heterocycles. The summed E-state index contributed by atoms with van der Waals surface area (Å²) in [6.07, 6.45) is 2.38. The molecule has 0 radical (unpaired) electrons. The van der Waals surface area contributed by atoms with E-state index in [-0.39, 0.29) is 6.42 Å². The monoisotopic (exact) mass is 262 g/mol. The molecular formula is C12H22O6. The van der Waals surface area contributed by atoms with Crippen LogP contribution in [0.2, 0.25) is 0 Å². The van der Waals surface area contributed by atoms with Gasteiger partial charge in [-0.3, -0.25) is 9.59 Å². The molecule has 0 fully saturated rings. The molecule has 0 aliphatic heterocycles. The minimum Gasteiger partial charge on any atom is -0.481 e. The fraction of sp³-hybridized carbons (Fsp3) is 0.833. The van der Waals surface area contributed by atoms with Gasteiger partial charge >= 0.3 is 11.9 Å². The Morgan fingerprint density at radius 3 is 1.89 bits per heavy atom. The Balaban J connectivity index is 3.70. The molecule has 6 nitrogen and oxygen atoms in total. The molecule has 0 bridgehead atoms. The summed E-state index contributed by atoms with van der Waals surface area (Å²) in [6, 6.07) is 0. The highest BCUT2D eigenvalue weighted by Crippen LogP contribution is 2.17. The van der Waals surface area contributed by atoms with Gasteiger partial charge in [-0.15, -0.1) is 0 Å². The number of carboxylic acids is 2. The van der Waals surface area contributed by atoms with Crippen LogP contribution in [-0.4, -0.2) is 38.7 Å². The maximum absolute atomic E-state index is 10.9. The average molecular weight is 262 g/mol. The van der Waals surface area contributed by atoms with E-state index in [0.29, 0.717) is 38.5 Å². The van der Waals surface area contributed by atoms with Crippen molar-refractivity contribution in [3.05, 3.63) is 0 Å². The molecule has 0 aliphatic rings. The van der Waals surface area contributed by atoms with Gasteiger partial charge in [-0.05, 0) is 32.1 Å². The van der Waals surface area contributed by atoms with Gasteiger partial charge in [0.25, 0.3) is 0 Å². The van der Waals surface area contributed by atoms with Gasteiger partial charge in [0.1, 0.15) is 0 Å². The summed E-state index contributed by atoms with van der Waals surface area (Å²) in [5, 5.41) is 34.7. The fourth-order valence-electron chi connectivity index (χ4n) is 1.79. The highest BCUT2D eigenvalue weighted by atomic mass is 16.5. The summed E-state index contributed by atoms with van der Waals surface area (Å²) in [6.45, 7) is 0. The molecule has 4 N–H and O–H groups in total. The van der Waals surface area contributed by atoms with Crippen molar-refractivity contribution >= 4 is 11.9 Å². The predicted molar refractivity (Wildman–Crippen MR) is 63.9 cm³/mol. The molecule has 0 rings (SSSR count). The Labute approximate surface area is 106 Å². The summed E-state index contributed by atoms with van der Waals surface area (Å²) in [5.41, 5.74) is 0. The largest absolute Gasteiger partial charge is 0.481 e. The van der Waals surface area contributed by atoms with E-state index < -0.39 is 24.1 Å². The molecule has 0 saturated carbocycles. The van der Waals surface area contributed by atoms with Gasteiger partial charge < -0.3 is 20.4 Å². The molecule has 0 aliphatic carbocycles. The van der Waals surface area contributed by atoms with Crippen LogP contribution in [0, 0.1) is 5.92 Å².